The zero-order chi connectivity index (χ0) is 25.1. The Hall–Kier alpha value is -3.52. The van der Waals surface area contributed by atoms with Crippen molar-refractivity contribution in [2.75, 3.05) is 23.7 Å². The highest BCUT2D eigenvalue weighted by molar-refractivity contribution is 5.99. The number of nitrogens with zero attached hydrogens (tertiary/aromatic N) is 3. The molecule has 2 aliphatic rings. The van der Waals surface area contributed by atoms with Crippen LogP contribution in [0.5, 0.6) is 0 Å². The largest absolute Gasteiger partial charge is 0.352 e. The van der Waals surface area contributed by atoms with E-state index in [0.717, 1.165) is 30.9 Å². The van der Waals surface area contributed by atoms with Crippen molar-refractivity contribution in [1.82, 2.24) is 25.6 Å². The number of pyridine rings is 1. The van der Waals surface area contributed by atoms with Crippen molar-refractivity contribution in [3.05, 3.63) is 65.0 Å². The van der Waals surface area contributed by atoms with Gasteiger partial charge in [0.2, 0.25) is 5.95 Å². The van der Waals surface area contributed by atoms with Crippen LogP contribution in [0, 0.1) is 5.92 Å². The lowest BCUT2D eigenvalue weighted by molar-refractivity contribution is 0.0939. The zero-order valence-corrected chi connectivity index (χ0v) is 21.3. The van der Waals surface area contributed by atoms with Crippen molar-refractivity contribution < 1.29 is 4.79 Å². The van der Waals surface area contributed by atoms with Gasteiger partial charge in [-0.15, -0.1) is 0 Å². The fraction of sp³-hybridized carbons (Fsp3) is 0.429. The molecule has 0 radical (unpaired) electrons. The fourth-order valence-electron chi connectivity index (χ4n) is 4.46. The van der Waals surface area contributed by atoms with Crippen LogP contribution in [0.1, 0.15) is 67.2 Å². The highest BCUT2D eigenvalue weighted by Crippen LogP contribution is 2.27. The summed E-state index contributed by atoms with van der Waals surface area (Å²) in [6.45, 7) is 8.93. The van der Waals surface area contributed by atoms with Gasteiger partial charge in [-0.25, -0.2) is 9.97 Å². The minimum atomic E-state index is -0.177. The summed E-state index contributed by atoms with van der Waals surface area (Å²) in [6, 6.07) is 12.2. The minimum Gasteiger partial charge on any atom is -0.352 e. The van der Waals surface area contributed by atoms with Crippen LogP contribution in [0.4, 0.5) is 23.3 Å². The topological polar surface area (TPSA) is 104 Å². The molecule has 0 spiro atoms. The second-order valence-corrected chi connectivity index (χ2v) is 10.8. The molecule has 4 N–H and O–H groups in total. The molecule has 1 aliphatic heterocycles. The van der Waals surface area contributed by atoms with Crippen molar-refractivity contribution >= 4 is 29.2 Å². The number of aromatic nitrogens is 3. The molecule has 1 amide bonds. The molecule has 1 fully saturated rings. The van der Waals surface area contributed by atoms with Gasteiger partial charge in [-0.3, -0.25) is 4.79 Å². The molecule has 0 atom stereocenters. The number of benzene rings is 1. The van der Waals surface area contributed by atoms with E-state index in [1.165, 1.54) is 30.4 Å². The maximum Gasteiger partial charge on any atom is 0.256 e. The van der Waals surface area contributed by atoms with E-state index in [1.54, 1.807) is 6.20 Å². The number of carbonyl (C=O) groups excluding carboxylic acids is 1. The van der Waals surface area contributed by atoms with Crippen molar-refractivity contribution in [3.63, 3.8) is 0 Å². The third-order valence-electron chi connectivity index (χ3n) is 6.92. The van der Waals surface area contributed by atoms with Gasteiger partial charge in [0.1, 0.15) is 17.2 Å². The van der Waals surface area contributed by atoms with Crippen molar-refractivity contribution in [2.45, 2.75) is 58.4 Å². The number of fused-ring (bicyclic) bond motifs is 1. The lowest BCUT2D eigenvalue weighted by atomic mass is 9.85. The normalized spacial score (nSPS) is 15.5. The highest BCUT2D eigenvalue weighted by atomic mass is 16.1. The first-order chi connectivity index (χ1) is 17.3. The van der Waals surface area contributed by atoms with Gasteiger partial charge >= 0.3 is 0 Å². The van der Waals surface area contributed by atoms with E-state index >= 15 is 0 Å². The van der Waals surface area contributed by atoms with Gasteiger partial charge in [-0.2, -0.15) is 4.98 Å². The third kappa shape index (κ3) is 5.65. The van der Waals surface area contributed by atoms with E-state index in [2.05, 4.69) is 59.2 Å². The van der Waals surface area contributed by atoms with Crippen LogP contribution in [0.3, 0.4) is 0 Å². The molecule has 8 heteroatoms. The SMILES string of the molecule is CC(C)(C)c1cccc(Nc2nc(Nc3ccc4c(c3)CCNC4)ncc2C(=O)NCC2CCC2)n1. The van der Waals surface area contributed by atoms with Gasteiger partial charge < -0.3 is 21.3 Å². The predicted octanol–water partition coefficient (Wildman–Crippen LogP) is 4.83. The summed E-state index contributed by atoms with van der Waals surface area (Å²) >= 11 is 0. The Bertz CT molecular complexity index is 1250. The zero-order valence-electron chi connectivity index (χ0n) is 21.3. The van der Waals surface area contributed by atoms with Crippen LogP contribution >= 0.6 is 0 Å². The van der Waals surface area contributed by atoms with E-state index in [-0.39, 0.29) is 11.3 Å². The van der Waals surface area contributed by atoms with Gasteiger partial charge in [-0.1, -0.05) is 39.3 Å². The molecule has 3 heterocycles. The summed E-state index contributed by atoms with van der Waals surface area (Å²) in [6.07, 6.45) is 6.17. The third-order valence-corrected chi connectivity index (χ3v) is 6.92. The number of hydrogen-bond donors (Lipinski definition) is 4. The fourth-order valence-corrected chi connectivity index (χ4v) is 4.46. The highest BCUT2D eigenvalue weighted by Gasteiger charge is 2.22. The molecule has 0 unspecified atom stereocenters. The lowest BCUT2D eigenvalue weighted by Gasteiger charge is -2.25. The molecular formula is C28H35N7O. The Morgan fingerprint density at radius 2 is 1.94 bits per heavy atom. The number of carbonyl (C=O) groups is 1. The molecular weight excluding hydrogens is 450 g/mol. The molecule has 8 nitrogen and oxygen atoms in total. The molecule has 1 aromatic carbocycles. The maximum atomic E-state index is 13.1. The first kappa shape index (κ1) is 24.2. The van der Waals surface area contributed by atoms with Gasteiger partial charge in [0.25, 0.3) is 5.91 Å². The second-order valence-electron chi connectivity index (χ2n) is 10.8. The molecule has 36 heavy (non-hydrogen) atoms. The predicted molar refractivity (Wildman–Crippen MR) is 143 cm³/mol. The van der Waals surface area contributed by atoms with Crippen molar-refractivity contribution in [3.8, 4) is 0 Å². The molecule has 2 aromatic heterocycles. The van der Waals surface area contributed by atoms with Crippen LogP contribution < -0.4 is 21.3 Å². The molecule has 5 rings (SSSR count). The number of hydrogen-bond acceptors (Lipinski definition) is 7. The van der Waals surface area contributed by atoms with Crippen LogP contribution in [0.2, 0.25) is 0 Å². The maximum absolute atomic E-state index is 13.1. The van der Waals surface area contributed by atoms with Gasteiger partial charge in [0.15, 0.2) is 0 Å². The Balaban J connectivity index is 1.41. The van der Waals surface area contributed by atoms with Gasteiger partial charge in [0.05, 0.1) is 0 Å². The Labute approximate surface area is 212 Å². The van der Waals surface area contributed by atoms with Crippen molar-refractivity contribution in [2.24, 2.45) is 5.92 Å². The number of nitrogens with one attached hydrogen (secondary N) is 4. The summed E-state index contributed by atoms with van der Waals surface area (Å²) < 4.78 is 0. The van der Waals surface area contributed by atoms with E-state index in [9.17, 15) is 4.79 Å². The van der Waals surface area contributed by atoms with Crippen LogP contribution in [0.15, 0.2) is 42.6 Å². The molecule has 0 bridgehead atoms. The van der Waals surface area contributed by atoms with Gasteiger partial charge in [0, 0.05) is 36.1 Å². The van der Waals surface area contributed by atoms with Crippen LogP contribution in [-0.2, 0) is 18.4 Å². The number of anilines is 4. The van der Waals surface area contributed by atoms with E-state index < -0.39 is 0 Å². The molecule has 1 aliphatic carbocycles. The Morgan fingerprint density at radius 1 is 1.08 bits per heavy atom. The smallest absolute Gasteiger partial charge is 0.256 e. The average Bonchev–Trinajstić information content (AvgIpc) is 2.83. The standard InChI is InChI=1S/C28H35N7O/c1-28(2,3)23-8-5-9-24(33-23)34-25-22(26(36)30-15-18-6-4-7-18)17-31-27(35-25)32-21-11-10-20-16-29-13-12-19(20)14-21/h5,8-11,14,17-18,29H,4,6-7,12-13,15-16H2,1-3H3,(H,30,36)(H2,31,32,33,34,35). The summed E-state index contributed by atoms with van der Waals surface area (Å²) in [5.41, 5.74) is 4.84. The molecule has 3 aromatic rings. The molecule has 188 valence electrons. The number of rotatable bonds is 7. The van der Waals surface area contributed by atoms with E-state index in [0.29, 0.717) is 35.6 Å². The molecule has 0 saturated heterocycles. The van der Waals surface area contributed by atoms with Gasteiger partial charge in [-0.05, 0) is 67.1 Å². The summed E-state index contributed by atoms with van der Waals surface area (Å²) in [5.74, 6) is 1.88. The van der Waals surface area contributed by atoms with Crippen LogP contribution in [-0.4, -0.2) is 33.9 Å². The molecule has 1 saturated carbocycles. The quantitative estimate of drug-likeness (QED) is 0.380. The minimum absolute atomic E-state index is 0.0962. The first-order valence-electron chi connectivity index (χ1n) is 12.8. The average molecular weight is 486 g/mol. The summed E-state index contributed by atoms with van der Waals surface area (Å²) in [5, 5.41) is 13.1. The van der Waals surface area contributed by atoms with E-state index in [4.69, 9.17) is 9.97 Å². The Kier molecular flexibility index (Phi) is 6.87. The summed E-state index contributed by atoms with van der Waals surface area (Å²) in [7, 11) is 0. The number of amides is 1. The lowest BCUT2D eigenvalue weighted by Crippen LogP contribution is -2.32. The first-order valence-corrected chi connectivity index (χ1v) is 12.8. The van der Waals surface area contributed by atoms with E-state index in [1.807, 2.05) is 24.3 Å². The Morgan fingerprint density at radius 3 is 2.72 bits per heavy atom. The monoisotopic (exact) mass is 485 g/mol. The second kappa shape index (κ2) is 10.2. The summed E-state index contributed by atoms with van der Waals surface area (Å²) in [4.78, 5) is 27.0. The van der Waals surface area contributed by atoms with Crippen LogP contribution in [0.25, 0.3) is 0 Å². The van der Waals surface area contributed by atoms with Crippen molar-refractivity contribution in [1.29, 1.82) is 0 Å².